The Kier molecular flexibility index (Phi) is 4.06. The molecule has 0 saturated heterocycles. The molecule has 26 heavy (non-hydrogen) atoms. The predicted octanol–water partition coefficient (Wildman–Crippen LogP) is 5.03. The standard InChI is InChI=1S/C21H16N2O2S/c1-3-23-17-7-5-4-6-14(17)15-10-13(8-9-18(15)23)19-11-20(26-2)16(12-22)21(24)25-19/h4-11H,3H2,1-2H3. The topological polar surface area (TPSA) is 58.9 Å². The molecular formula is C21H16N2O2S. The smallest absolute Gasteiger partial charge is 0.355 e. The fourth-order valence-electron chi connectivity index (χ4n) is 3.42. The summed E-state index contributed by atoms with van der Waals surface area (Å²) in [5, 5.41) is 11.5. The number of fused-ring (bicyclic) bond motifs is 3. The number of rotatable bonds is 3. The maximum atomic E-state index is 12.1. The quantitative estimate of drug-likeness (QED) is 0.481. The molecule has 0 aliphatic carbocycles. The van der Waals surface area contributed by atoms with Crippen molar-refractivity contribution < 1.29 is 4.42 Å². The Morgan fingerprint density at radius 2 is 1.88 bits per heavy atom. The zero-order valence-corrected chi connectivity index (χ0v) is 15.3. The highest BCUT2D eigenvalue weighted by Crippen LogP contribution is 2.33. The molecule has 4 nitrogen and oxygen atoms in total. The SMILES string of the molecule is CCn1c2ccccc2c2cc(-c3cc(SC)c(C#N)c(=O)o3)ccc21. The minimum Gasteiger partial charge on any atom is -0.422 e. The second-order valence-electron chi connectivity index (χ2n) is 5.95. The van der Waals surface area contributed by atoms with Gasteiger partial charge in [-0.05, 0) is 43.5 Å². The summed E-state index contributed by atoms with van der Waals surface area (Å²) in [4.78, 5) is 12.8. The average molecular weight is 360 g/mol. The number of aromatic nitrogens is 1. The molecule has 0 radical (unpaired) electrons. The molecule has 4 rings (SSSR count). The number of para-hydroxylation sites is 1. The molecule has 2 heterocycles. The van der Waals surface area contributed by atoms with E-state index in [1.807, 2.05) is 30.5 Å². The van der Waals surface area contributed by atoms with E-state index in [0.717, 1.165) is 23.0 Å². The Bertz CT molecular complexity index is 1240. The van der Waals surface area contributed by atoms with Gasteiger partial charge in [0.1, 0.15) is 11.8 Å². The summed E-state index contributed by atoms with van der Waals surface area (Å²) >= 11 is 1.37. The first-order valence-electron chi connectivity index (χ1n) is 8.31. The van der Waals surface area contributed by atoms with Crippen LogP contribution in [0.5, 0.6) is 0 Å². The predicted molar refractivity (Wildman–Crippen MR) is 106 cm³/mol. The van der Waals surface area contributed by atoms with Crippen LogP contribution < -0.4 is 5.63 Å². The van der Waals surface area contributed by atoms with Crippen molar-refractivity contribution in [3.05, 3.63) is 64.5 Å². The number of nitriles is 1. The molecule has 128 valence electrons. The second-order valence-corrected chi connectivity index (χ2v) is 6.79. The summed E-state index contributed by atoms with van der Waals surface area (Å²) in [6.45, 7) is 3.01. The van der Waals surface area contributed by atoms with E-state index < -0.39 is 5.63 Å². The summed E-state index contributed by atoms with van der Waals surface area (Å²) in [5.74, 6) is 0.480. The van der Waals surface area contributed by atoms with Gasteiger partial charge in [0.15, 0.2) is 5.56 Å². The number of thioether (sulfide) groups is 1. The van der Waals surface area contributed by atoms with Gasteiger partial charge in [0.05, 0.1) is 0 Å². The van der Waals surface area contributed by atoms with Gasteiger partial charge in [-0.2, -0.15) is 5.26 Å². The Hall–Kier alpha value is -2.97. The molecule has 0 unspecified atom stereocenters. The number of aryl methyl sites for hydroxylation is 1. The third kappa shape index (κ3) is 2.42. The molecule has 0 spiro atoms. The third-order valence-corrected chi connectivity index (χ3v) is 5.38. The van der Waals surface area contributed by atoms with Gasteiger partial charge in [-0.3, -0.25) is 0 Å². The molecule has 5 heteroatoms. The lowest BCUT2D eigenvalue weighted by Crippen LogP contribution is -2.06. The van der Waals surface area contributed by atoms with Crippen LogP contribution in [0.3, 0.4) is 0 Å². The highest BCUT2D eigenvalue weighted by atomic mass is 32.2. The van der Waals surface area contributed by atoms with Crippen molar-refractivity contribution in [2.75, 3.05) is 6.26 Å². The number of nitrogens with zero attached hydrogens (tertiary/aromatic N) is 2. The van der Waals surface area contributed by atoms with Crippen molar-refractivity contribution >= 4 is 33.6 Å². The van der Waals surface area contributed by atoms with E-state index in [4.69, 9.17) is 9.68 Å². The summed E-state index contributed by atoms with van der Waals surface area (Å²) in [6, 6.07) is 18.1. The lowest BCUT2D eigenvalue weighted by Gasteiger charge is -2.06. The summed E-state index contributed by atoms with van der Waals surface area (Å²) in [7, 11) is 0. The minimum absolute atomic E-state index is 0.0601. The molecule has 0 saturated carbocycles. The average Bonchev–Trinajstić information content (AvgIpc) is 3.00. The van der Waals surface area contributed by atoms with Crippen LogP contribution in [0.4, 0.5) is 0 Å². The van der Waals surface area contributed by atoms with E-state index in [9.17, 15) is 4.79 Å². The van der Waals surface area contributed by atoms with Crippen LogP contribution in [0.15, 0.2) is 62.6 Å². The molecular weight excluding hydrogens is 344 g/mol. The van der Waals surface area contributed by atoms with Gasteiger partial charge >= 0.3 is 5.63 Å². The Balaban J connectivity index is 2.00. The van der Waals surface area contributed by atoms with Gasteiger partial charge < -0.3 is 8.98 Å². The largest absolute Gasteiger partial charge is 0.422 e. The first-order chi connectivity index (χ1) is 12.7. The number of hydrogen-bond donors (Lipinski definition) is 0. The van der Waals surface area contributed by atoms with Gasteiger partial charge in [0.2, 0.25) is 0 Å². The molecule has 0 bridgehead atoms. The zero-order chi connectivity index (χ0) is 18.3. The van der Waals surface area contributed by atoms with Gasteiger partial charge in [-0.15, -0.1) is 11.8 Å². The molecule has 2 aromatic carbocycles. The maximum Gasteiger partial charge on any atom is 0.355 e. The van der Waals surface area contributed by atoms with Gasteiger partial charge in [0, 0.05) is 38.8 Å². The lowest BCUT2D eigenvalue weighted by molar-refractivity contribution is 0.519. The highest BCUT2D eigenvalue weighted by Gasteiger charge is 2.14. The van der Waals surface area contributed by atoms with Crippen molar-refractivity contribution in [3.63, 3.8) is 0 Å². The minimum atomic E-state index is -0.592. The highest BCUT2D eigenvalue weighted by molar-refractivity contribution is 7.98. The van der Waals surface area contributed by atoms with Crippen LogP contribution in [0, 0.1) is 11.3 Å². The van der Waals surface area contributed by atoms with E-state index in [-0.39, 0.29) is 5.56 Å². The van der Waals surface area contributed by atoms with Crippen molar-refractivity contribution in [1.82, 2.24) is 4.57 Å². The van der Waals surface area contributed by atoms with Gasteiger partial charge in [0.25, 0.3) is 0 Å². The van der Waals surface area contributed by atoms with E-state index in [1.54, 1.807) is 6.07 Å². The second kappa shape index (κ2) is 6.40. The molecule has 0 aliphatic heterocycles. The van der Waals surface area contributed by atoms with Gasteiger partial charge in [-0.25, -0.2) is 4.79 Å². The van der Waals surface area contributed by atoms with E-state index in [2.05, 4.69) is 35.8 Å². The van der Waals surface area contributed by atoms with Crippen LogP contribution in [-0.2, 0) is 6.54 Å². The normalized spacial score (nSPS) is 11.1. The number of benzene rings is 2. The van der Waals surface area contributed by atoms with Crippen LogP contribution in [-0.4, -0.2) is 10.8 Å². The monoisotopic (exact) mass is 360 g/mol. The fraction of sp³-hybridized carbons (Fsp3) is 0.143. The van der Waals surface area contributed by atoms with Crippen LogP contribution in [0.2, 0.25) is 0 Å². The number of hydrogen-bond acceptors (Lipinski definition) is 4. The molecule has 0 N–H and O–H groups in total. The van der Waals surface area contributed by atoms with E-state index in [1.165, 1.54) is 22.7 Å². The molecule has 0 amide bonds. The molecule has 2 aromatic heterocycles. The first kappa shape index (κ1) is 16.5. The summed E-state index contributed by atoms with van der Waals surface area (Å²) < 4.78 is 7.70. The fourth-order valence-corrected chi connectivity index (χ4v) is 3.98. The van der Waals surface area contributed by atoms with Crippen molar-refractivity contribution in [3.8, 4) is 17.4 Å². The third-order valence-electron chi connectivity index (χ3n) is 4.62. The van der Waals surface area contributed by atoms with Crippen LogP contribution in [0.1, 0.15) is 12.5 Å². The lowest BCUT2D eigenvalue weighted by atomic mass is 10.1. The van der Waals surface area contributed by atoms with Crippen molar-refractivity contribution in [2.45, 2.75) is 18.4 Å². The molecule has 0 aliphatic rings. The summed E-state index contributed by atoms with van der Waals surface area (Å²) in [5.41, 5.74) is 2.63. The molecule has 0 atom stereocenters. The Morgan fingerprint density at radius 1 is 1.12 bits per heavy atom. The summed E-state index contributed by atoms with van der Waals surface area (Å²) in [6.07, 6.45) is 1.84. The van der Waals surface area contributed by atoms with Gasteiger partial charge in [-0.1, -0.05) is 18.2 Å². The maximum absolute atomic E-state index is 12.1. The molecule has 0 fully saturated rings. The van der Waals surface area contributed by atoms with Crippen molar-refractivity contribution in [2.24, 2.45) is 0 Å². The van der Waals surface area contributed by atoms with Crippen molar-refractivity contribution in [1.29, 1.82) is 5.26 Å². The molecule has 4 aromatic rings. The van der Waals surface area contributed by atoms with Crippen LogP contribution >= 0.6 is 11.8 Å². The zero-order valence-electron chi connectivity index (χ0n) is 14.4. The van der Waals surface area contributed by atoms with E-state index in [0.29, 0.717) is 10.7 Å². The van der Waals surface area contributed by atoms with Crippen LogP contribution in [0.25, 0.3) is 33.1 Å². The Morgan fingerprint density at radius 3 is 2.62 bits per heavy atom. The first-order valence-corrected chi connectivity index (χ1v) is 9.54. The Labute approximate surface area is 154 Å². The van der Waals surface area contributed by atoms with E-state index >= 15 is 0 Å².